The highest BCUT2D eigenvalue weighted by Crippen LogP contribution is 2.19. The average molecular weight is 350 g/mol. The molecule has 0 radical (unpaired) electrons. The van der Waals surface area contributed by atoms with Gasteiger partial charge in [0.25, 0.3) is 5.91 Å². The largest absolute Gasteiger partial charge is 0.404 e. The molecule has 1 unspecified atom stereocenters. The molecule has 0 saturated carbocycles. The lowest BCUT2D eigenvalue weighted by molar-refractivity contribution is 0.0930. The Morgan fingerprint density at radius 3 is 2.46 bits per heavy atom. The van der Waals surface area contributed by atoms with E-state index in [4.69, 9.17) is 11.1 Å². The van der Waals surface area contributed by atoms with E-state index < -0.39 is 0 Å². The summed E-state index contributed by atoms with van der Waals surface area (Å²) in [6, 6.07) is 15.3. The third-order valence-electron chi connectivity index (χ3n) is 4.19. The average Bonchev–Trinajstić information content (AvgIpc) is 2.63. The summed E-state index contributed by atoms with van der Waals surface area (Å²) in [5, 5.41) is 10.5. The van der Waals surface area contributed by atoms with Crippen LogP contribution in [0, 0.1) is 12.3 Å². The Balaban J connectivity index is 2.24. The Morgan fingerprint density at radius 1 is 1.23 bits per heavy atom. The zero-order valence-corrected chi connectivity index (χ0v) is 15.5. The van der Waals surface area contributed by atoms with Crippen molar-refractivity contribution in [2.24, 2.45) is 5.73 Å². The zero-order chi connectivity index (χ0) is 19.1. The molecular weight excluding hydrogens is 324 g/mol. The van der Waals surface area contributed by atoms with Crippen LogP contribution < -0.4 is 11.1 Å². The molecule has 5 nitrogen and oxygen atoms in total. The number of amides is 1. The Hall–Kier alpha value is -2.92. The third-order valence-corrected chi connectivity index (χ3v) is 4.19. The number of rotatable bonds is 7. The Labute approximate surface area is 155 Å². The molecule has 0 heterocycles. The van der Waals surface area contributed by atoms with Gasteiger partial charge in [0.15, 0.2) is 0 Å². The normalized spacial score (nSPS) is 12.7. The van der Waals surface area contributed by atoms with Gasteiger partial charge in [0.05, 0.1) is 6.04 Å². The van der Waals surface area contributed by atoms with Crippen molar-refractivity contribution in [2.45, 2.75) is 13.0 Å². The summed E-state index contributed by atoms with van der Waals surface area (Å²) in [5.41, 5.74) is 9.61. The van der Waals surface area contributed by atoms with Crippen molar-refractivity contribution >= 4 is 17.7 Å². The molecule has 0 aliphatic heterocycles. The van der Waals surface area contributed by atoms with E-state index in [0.29, 0.717) is 17.7 Å². The van der Waals surface area contributed by atoms with Crippen LogP contribution in [0.2, 0.25) is 0 Å². The molecule has 1 amide bonds. The number of hydrogen-bond donors (Lipinski definition) is 3. The first kappa shape index (κ1) is 19.4. The van der Waals surface area contributed by atoms with Gasteiger partial charge in [0, 0.05) is 30.1 Å². The number of hydrogen-bond acceptors (Lipinski definition) is 4. The number of allylic oxidation sites excluding steroid dienone is 1. The molecule has 26 heavy (non-hydrogen) atoms. The molecule has 5 heteroatoms. The summed E-state index contributed by atoms with van der Waals surface area (Å²) in [7, 11) is 3.97. The molecule has 0 bridgehead atoms. The fraction of sp³-hybridized carbons (Fsp3) is 0.238. The molecule has 2 aromatic rings. The fourth-order valence-corrected chi connectivity index (χ4v) is 2.87. The lowest BCUT2D eigenvalue weighted by Crippen LogP contribution is -2.35. The van der Waals surface area contributed by atoms with Crippen LogP contribution in [0.25, 0.3) is 5.57 Å². The fourth-order valence-electron chi connectivity index (χ4n) is 2.87. The summed E-state index contributed by atoms with van der Waals surface area (Å²) < 4.78 is 0. The van der Waals surface area contributed by atoms with Crippen molar-refractivity contribution in [1.29, 1.82) is 5.41 Å². The molecule has 0 saturated heterocycles. The first-order valence-corrected chi connectivity index (χ1v) is 8.50. The van der Waals surface area contributed by atoms with Crippen molar-refractivity contribution in [1.82, 2.24) is 10.2 Å². The Kier molecular flexibility index (Phi) is 6.69. The van der Waals surface area contributed by atoms with Crippen LogP contribution in [0.1, 0.15) is 33.1 Å². The molecule has 0 aliphatic rings. The number of aryl methyl sites for hydroxylation is 1. The molecule has 0 aromatic heterocycles. The van der Waals surface area contributed by atoms with Gasteiger partial charge in [-0.1, -0.05) is 36.4 Å². The van der Waals surface area contributed by atoms with E-state index in [0.717, 1.165) is 16.7 Å². The molecule has 2 aromatic carbocycles. The van der Waals surface area contributed by atoms with E-state index in [1.807, 2.05) is 63.5 Å². The van der Waals surface area contributed by atoms with Gasteiger partial charge in [-0.3, -0.25) is 4.79 Å². The highest BCUT2D eigenvalue weighted by atomic mass is 16.1. The number of nitrogens with zero attached hydrogens (tertiary/aromatic N) is 1. The maximum atomic E-state index is 12.8. The molecule has 0 fully saturated rings. The topological polar surface area (TPSA) is 82.2 Å². The maximum Gasteiger partial charge on any atom is 0.251 e. The number of carbonyl (C=O) groups excluding carboxylic acids is 1. The summed E-state index contributed by atoms with van der Waals surface area (Å²) >= 11 is 0. The van der Waals surface area contributed by atoms with Crippen LogP contribution in [0.15, 0.2) is 54.7 Å². The van der Waals surface area contributed by atoms with E-state index in [-0.39, 0.29) is 11.9 Å². The second kappa shape index (κ2) is 8.97. The van der Waals surface area contributed by atoms with Crippen molar-refractivity contribution in [3.05, 3.63) is 77.0 Å². The molecule has 2 rings (SSSR count). The van der Waals surface area contributed by atoms with Gasteiger partial charge in [-0.15, -0.1) is 0 Å². The summed E-state index contributed by atoms with van der Waals surface area (Å²) in [4.78, 5) is 14.8. The molecule has 136 valence electrons. The van der Waals surface area contributed by atoms with Crippen molar-refractivity contribution < 1.29 is 4.79 Å². The van der Waals surface area contributed by atoms with E-state index >= 15 is 0 Å². The standard InChI is InChI=1S/C21H26N4O/c1-15-11-17(9-10-19(15)18(12-22)13-23)21(26)24-20(14-25(2)3)16-7-5-4-6-8-16/h4-13,20,22H,14,23H2,1-3H3,(H,24,26)/b18-13+,22-12?. The number of nitrogens with two attached hydrogens (primary N) is 1. The van der Waals surface area contributed by atoms with E-state index in [9.17, 15) is 4.79 Å². The summed E-state index contributed by atoms with van der Waals surface area (Å²) in [6.07, 6.45) is 2.61. The number of likely N-dealkylation sites (N-methyl/N-ethyl adjacent to an activating group) is 1. The SMILES string of the molecule is Cc1cc(C(=O)NC(CN(C)C)c2ccccc2)ccc1/C(C=N)=C/N. The third kappa shape index (κ3) is 4.80. The van der Waals surface area contributed by atoms with Crippen LogP contribution in [0.4, 0.5) is 0 Å². The molecule has 1 atom stereocenters. The number of benzene rings is 2. The van der Waals surface area contributed by atoms with E-state index in [2.05, 4.69) is 10.2 Å². The Bertz CT molecular complexity index is 797. The maximum absolute atomic E-state index is 12.8. The predicted octanol–water partition coefficient (Wildman–Crippen LogP) is 2.98. The van der Waals surface area contributed by atoms with Crippen LogP contribution in [0.3, 0.4) is 0 Å². The van der Waals surface area contributed by atoms with Gasteiger partial charge in [-0.25, -0.2) is 0 Å². The molecular formula is C21H26N4O. The van der Waals surface area contributed by atoms with Crippen molar-refractivity contribution in [3.8, 4) is 0 Å². The van der Waals surface area contributed by atoms with Crippen LogP contribution >= 0.6 is 0 Å². The minimum atomic E-state index is -0.122. The minimum absolute atomic E-state index is 0.0974. The van der Waals surface area contributed by atoms with Crippen molar-refractivity contribution in [3.63, 3.8) is 0 Å². The van der Waals surface area contributed by atoms with Crippen molar-refractivity contribution in [2.75, 3.05) is 20.6 Å². The molecule has 4 N–H and O–H groups in total. The van der Waals surface area contributed by atoms with Crippen LogP contribution in [-0.4, -0.2) is 37.7 Å². The zero-order valence-electron chi connectivity index (χ0n) is 15.5. The van der Waals surface area contributed by atoms with Crippen LogP contribution in [-0.2, 0) is 0 Å². The first-order chi connectivity index (χ1) is 12.5. The van der Waals surface area contributed by atoms with E-state index in [1.54, 1.807) is 6.07 Å². The van der Waals surface area contributed by atoms with Crippen LogP contribution in [0.5, 0.6) is 0 Å². The highest BCUT2D eigenvalue weighted by molar-refractivity contribution is 6.09. The minimum Gasteiger partial charge on any atom is -0.404 e. The lowest BCUT2D eigenvalue weighted by Gasteiger charge is -2.23. The smallest absolute Gasteiger partial charge is 0.251 e. The van der Waals surface area contributed by atoms with Gasteiger partial charge in [-0.2, -0.15) is 0 Å². The molecule has 0 spiro atoms. The Morgan fingerprint density at radius 2 is 1.92 bits per heavy atom. The highest BCUT2D eigenvalue weighted by Gasteiger charge is 2.17. The monoisotopic (exact) mass is 350 g/mol. The lowest BCUT2D eigenvalue weighted by atomic mass is 9.99. The second-order valence-corrected chi connectivity index (χ2v) is 6.50. The summed E-state index contributed by atoms with van der Waals surface area (Å²) in [6.45, 7) is 2.62. The first-order valence-electron chi connectivity index (χ1n) is 8.50. The predicted molar refractivity (Wildman–Crippen MR) is 107 cm³/mol. The summed E-state index contributed by atoms with van der Waals surface area (Å²) in [5.74, 6) is -0.122. The van der Waals surface area contributed by atoms with Gasteiger partial charge >= 0.3 is 0 Å². The van der Waals surface area contributed by atoms with Gasteiger partial charge < -0.3 is 21.4 Å². The van der Waals surface area contributed by atoms with Gasteiger partial charge in [0.2, 0.25) is 0 Å². The number of carbonyl (C=O) groups is 1. The number of nitrogens with one attached hydrogen (secondary N) is 2. The van der Waals surface area contributed by atoms with Gasteiger partial charge in [-0.05, 0) is 49.8 Å². The molecule has 0 aliphatic carbocycles. The van der Waals surface area contributed by atoms with Gasteiger partial charge in [0.1, 0.15) is 0 Å². The van der Waals surface area contributed by atoms with E-state index in [1.165, 1.54) is 12.4 Å². The quantitative estimate of drug-likeness (QED) is 0.672. The second-order valence-electron chi connectivity index (χ2n) is 6.50.